The third-order valence-electron chi connectivity index (χ3n) is 3.00. The van der Waals surface area contributed by atoms with Gasteiger partial charge >= 0.3 is 0 Å². The molecule has 0 aliphatic rings. The lowest BCUT2D eigenvalue weighted by Crippen LogP contribution is -2.20. The Morgan fingerprint density at radius 3 is 2.33 bits per heavy atom. The summed E-state index contributed by atoms with van der Waals surface area (Å²) >= 11 is 7.65. The van der Waals surface area contributed by atoms with Crippen molar-refractivity contribution in [1.29, 1.82) is 0 Å². The van der Waals surface area contributed by atoms with E-state index in [1.165, 1.54) is 7.05 Å². The molecule has 0 atom stereocenters. The molecule has 0 fully saturated rings. The summed E-state index contributed by atoms with van der Waals surface area (Å²) in [5, 5.41) is 6.08. The molecule has 1 aromatic carbocycles. The van der Waals surface area contributed by atoms with Gasteiger partial charge < -0.3 is 5.32 Å². The van der Waals surface area contributed by atoms with Gasteiger partial charge in [-0.1, -0.05) is 35.9 Å². The molecule has 0 unspecified atom stereocenters. The molecule has 21 heavy (non-hydrogen) atoms. The van der Waals surface area contributed by atoms with Crippen LogP contribution in [0.1, 0.15) is 16.0 Å². The Kier molecular flexibility index (Phi) is 5.78. The van der Waals surface area contributed by atoms with Crippen molar-refractivity contribution in [2.45, 2.75) is 18.8 Å². The van der Waals surface area contributed by atoms with E-state index in [4.69, 9.17) is 11.6 Å². The van der Waals surface area contributed by atoms with Crippen LogP contribution < -0.4 is 10.0 Å². The van der Waals surface area contributed by atoms with E-state index in [0.29, 0.717) is 6.54 Å². The van der Waals surface area contributed by atoms with Crippen molar-refractivity contribution < 1.29 is 8.42 Å². The Morgan fingerprint density at radius 2 is 1.76 bits per heavy atom. The number of benzene rings is 1. The number of sulfonamides is 1. The highest BCUT2D eigenvalue weighted by atomic mass is 35.5. The number of nitrogens with one attached hydrogen (secondary N) is 2. The van der Waals surface area contributed by atoms with Crippen LogP contribution in [-0.2, 0) is 28.9 Å². The van der Waals surface area contributed by atoms with Crippen LogP contribution in [0.25, 0.3) is 0 Å². The first-order valence-electron chi connectivity index (χ1n) is 6.42. The van der Waals surface area contributed by atoms with Crippen LogP contribution in [0, 0.1) is 0 Å². The molecule has 0 aliphatic carbocycles. The van der Waals surface area contributed by atoms with Crippen LogP contribution in [0.4, 0.5) is 0 Å². The molecule has 1 heterocycles. The number of hydrogen-bond acceptors (Lipinski definition) is 4. The van der Waals surface area contributed by atoms with E-state index in [9.17, 15) is 8.42 Å². The van der Waals surface area contributed by atoms with Crippen LogP contribution in [-0.4, -0.2) is 15.5 Å². The van der Waals surface area contributed by atoms with Crippen molar-refractivity contribution in [3.63, 3.8) is 0 Å². The quantitative estimate of drug-likeness (QED) is 0.812. The summed E-state index contributed by atoms with van der Waals surface area (Å²) in [6, 6.07) is 9.43. The van der Waals surface area contributed by atoms with Crippen molar-refractivity contribution in [1.82, 2.24) is 10.0 Å². The van der Waals surface area contributed by atoms with Crippen LogP contribution in [0.3, 0.4) is 0 Å². The first kappa shape index (κ1) is 16.5. The standard InChI is InChI=1S/C14H17ClN2O2S2/c1-16-21(18,19)10-12-4-2-11(3-5-12)8-17-9-14-13(15)6-7-20-14/h2-7,16-17H,8-10H2,1H3. The van der Waals surface area contributed by atoms with Crippen LogP contribution >= 0.6 is 22.9 Å². The van der Waals surface area contributed by atoms with Gasteiger partial charge in [0.2, 0.25) is 10.0 Å². The first-order chi connectivity index (χ1) is 10.00. The Labute approximate surface area is 134 Å². The molecule has 114 valence electrons. The maximum atomic E-state index is 11.5. The fourth-order valence-corrected chi connectivity index (χ4v) is 3.66. The average Bonchev–Trinajstić information content (AvgIpc) is 2.86. The van der Waals surface area contributed by atoms with Gasteiger partial charge in [-0.25, -0.2) is 13.1 Å². The second kappa shape index (κ2) is 7.38. The summed E-state index contributed by atoms with van der Waals surface area (Å²) in [7, 11) is -1.80. The molecule has 0 saturated carbocycles. The van der Waals surface area contributed by atoms with E-state index in [1.54, 1.807) is 11.3 Å². The summed E-state index contributed by atoms with van der Waals surface area (Å²) in [4.78, 5) is 1.12. The Balaban J connectivity index is 1.87. The van der Waals surface area contributed by atoms with E-state index < -0.39 is 10.0 Å². The molecule has 7 heteroatoms. The highest BCUT2D eigenvalue weighted by Gasteiger charge is 2.08. The monoisotopic (exact) mass is 344 g/mol. The smallest absolute Gasteiger partial charge is 0.215 e. The molecular formula is C14H17ClN2O2S2. The van der Waals surface area contributed by atoms with E-state index in [-0.39, 0.29) is 5.75 Å². The van der Waals surface area contributed by atoms with E-state index >= 15 is 0 Å². The fraction of sp³-hybridized carbons (Fsp3) is 0.286. The summed E-state index contributed by atoms with van der Waals surface area (Å²) in [6.45, 7) is 1.44. The minimum absolute atomic E-state index is 0.00200. The van der Waals surface area contributed by atoms with E-state index in [1.807, 2.05) is 35.7 Å². The van der Waals surface area contributed by atoms with Crippen LogP contribution in [0.15, 0.2) is 35.7 Å². The molecule has 0 bridgehead atoms. The molecule has 0 saturated heterocycles. The third-order valence-corrected chi connectivity index (χ3v) is 5.72. The molecule has 2 rings (SSSR count). The summed E-state index contributed by atoms with van der Waals surface area (Å²) in [5.41, 5.74) is 1.88. The normalized spacial score (nSPS) is 11.7. The van der Waals surface area contributed by atoms with Gasteiger partial charge in [0, 0.05) is 18.0 Å². The lowest BCUT2D eigenvalue weighted by Gasteiger charge is -2.06. The van der Waals surface area contributed by atoms with Gasteiger partial charge in [-0.3, -0.25) is 0 Å². The van der Waals surface area contributed by atoms with Crippen molar-refractivity contribution in [2.75, 3.05) is 7.05 Å². The van der Waals surface area contributed by atoms with Gasteiger partial charge in [-0.2, -0.15) is 0 Å². The highest BCUT2D eigenvalue weighted by Crippen LogP contribution is 2.21. The lowest BCUT2D eigenvalue weighted by atomic mass is 10.1. The zero-order valence-corrected chi connectivity index (χ0v) is 14.0. The number of hydrogen-bond donors (Lipinski definition) is 2. The number of thiophene rings is 1. The summed E-state index contributed by atoms with van der Waals surface area (Å²) in [5.74, 6) is 0.00200. The molecule has 0 aliphatic heterocycles. The zero-order valence-electron chi connectivity index (χ0n) is 11.6. The molecule has 1 aromatic heterocycles. The zero-order chi connectivity index (χ0) is 15.3. The van der Waals surface area contributed by atoms with Gasteiger partial charge in [-0.15, -0.1) is 11.3 Å². The van der Waals surface area contributed by atoms with Gasteiger partial charge in [0.25, 0.3) is 0 Å². The van der Waals surface area contributed by atoms with Gasteiger partial charge in [0.05, 0.1) is 10.8 Å². The minimum atomic E-state index is -3.22. The molecule has 0 radical (unpaired) electrons. The molecule has 0 spiro atoms. The average molecular weight is 345 g/mol. The SMILES string of the molecule is CNS(=O)(=O)Cc1ccc(CNCc2sccc2Cl)cc1. The molecular weight excluding hydrogens is 328 g/mol. The Morgan fingerprint density at radius 1 is 1.10 bits per heavy atom. The van der Waals surface area contributed by atoms with Crippen LogP contribution in [0.2, 0.25) is 5.02 Å². The second-order valence-electron chi connectivity index (χ2n) is 4.57. The van der Waals surface area contributed by atoms with E-state index in [0.717, 1.165) is 27.6 Å². The van der Waals surface area contributed by atoms with Crippen molar-refractivity contribution in [3.05, 3.63) is 56.7 Å². The van der Waals surface area contributed by atoms with Gasteiger partial charge in [0.1, 0.15) is 0 Å². The molecule has 2 N–H and O–H groups in total. The first-order valence-corrected chi connectivity index (χ1v) is 9.33. The summed E-state index contributed by atoms with van der Waals surface area (Å²) in [6.07, 6.45) is 0. The lowest BCUT2D eigenvalue weighted by molar-refractivity contribution is 0.587. The molecule has 2 aromatic rings. The van der Waals surface area contributed by atoms with Crippen molar-refractivity contribution in [3.8, 4) is 0 Å². The largest absolute Gasteiger partial charge is 0.308 e. The maximum Gasteiger partial charge on any atom is 0.215 e. The van der Waals surface area contributed by atoms with Crippen molar-refractivity contribution in [2.24, 2.45) is 0 Å². The predicted octanol–water partition coefficient (Wildman–Crippen LogP) is 2.74. The Hall–Kier alpha value is -0.920. The van der Waals surface area contributed by atoms with Crippen molar-refractivity contribution >= 4 is 33.0 Å². The van der Waals surface area contributed by atoms with Gasteiger partial charge in [0.15, 0.2) is 0 Å². The Bertz CT molecular complexity index is 681. The van der Waals surface area contributed by atoms with E-state index in [2.05, 4.69) is 10.0 Å². The fourth-order valence-electron chi connectivity index (χ4n) is 1.82. The predicted molar refractivity (Wildman–Crippen MR) is 88.0 cm³/mol. The highest BCUT2D eigenvalue weighted by molar-refractivity contribution is 7.88. The maximum absolute atomic E-state index is 11.5. The topological polar surface area (TPSA) is 58.2 Å². The third kappa shape index (κ3) is 5.09. The van der Waals surface area contributed by atoms with Crippen LogP contribution in [0.5, 0.6) is 0 Å². The molecule has 4 nitrogen and oxygen atoms in total. The number of rotatable bonds is 7. The summed E-state index contributed by atoms with van der Waals surface area (Å²) < 4.78 is 25.2. The molecule has 0 amide bonds. The number of halogens is 1. The minimum Gasteiger partial charge on any atom is -0.308 e. The second-order valence-corrected chi connectivity index (χ2v) is 7.91. The van der Waals surface area contributed by atoms with Gasteiger partial charge in [-0.05, 0) is 29.6 Å².